The van der Waals surface area contributed by atoms with Gasteiger partial charge >= 0.3 is 5.97 Å². The van der Waals surface area contributed by atoms with Crippen LogP contribution in [0.4, 0.5) is 0 Å². The zero-order valence-electron chi connectivity index (χ0n) is 15.3. The van der Waals surface area contributed by atoms with Crippen LogP contribution < -0.4 is 5.32 Å². The number of fused-ring (bicyclic) bond motifs is 2. The Morgan fingerprint density at radius 3 is 2.96 bits per heavy atom. The van der Waals surface area contributed by atoms with E-state index < -0.39 is 0 Å². The van der Waals surface area contributed by atoms with Crippen LogP contribution in [0.15, 0.2) is 35.7 Å². The number of hydrogen-bond acceptors (Lipinski definition) is 4. The van der Waals surface area contributed by atoms with Gasteiger partial charge in [0.25, 0.3) is 0 Å². The minimum Gasteiger partial charge on any atom is -0.462 e. The Kier molecular flexibility index (Phi) is 4.40. The number of hydrogen-bond donors (Lipinski definition) is 1. The fourth-order valence-electron chi connectivity index (χ4n) is 5.22. The average Bonchev–Trinajstić information content (AvgIpc) is 2.88. The Morgan fingerprint density at radius 1 is 1.36 bits per heavy atom. The molecule has 1 aliphatic heterocycles. The Hall–Kier alpha value is -1.68. The summed E-state index contributed by atoms with van der Waals surface area (Å²) in [4.78, 5) is 16.5. The molecule has 0 amide bonds. The van der Waals surface area contributed by atoms with E-state index in [1.165, 1.54) is 24.8 Å². The van der Waals surface area contributed by atoms with Crippen molar-refractivity contribution in [3.05, 3.63) is 41.2 Å². The molecule has 0 spiro atoms. The fourth-order valence-corrected chi connectivity index (χ4v) is 5.22. The van der Waals surface area contributed by atoms with Gasteiger partial charge in [-0.3, -0.25) is 9.78 Å². The molecule has 1 aromatic rings. The van der Waals surface area contributed by atoms with Gasteiger partial charge in [-0.1, -0.05) is 18.1 Å². The number of ether oxygens (including phenoxy) is 1. The summed E-state index contributed by atoms with van der Waals surface area (Å²) in [5.41, 5.74) is 4.64. The second kappa shape index (κ2) is 6.56. The number of nitrogens with zero attached hydrogens (tertiary/aromatic N) is 1. The first-order valence-electron chi connectivity index (χ1n) is 9.56. The summed E-state index contributed by atoms with van der Waals surface area (Å²) in [5, 5.41) is 3.46. The molecular formula is C21H28N2O2. The quantitative estimate of drug-likeness (QED) is 0.672. The average molecular weight is 340 g/mol. The molecule has 2 fully saturated rings. The highest BCUT2D eigenvalue weighted by Gasteiger charge is 2.52. The molecule has 4 heteroatoms. The largest absolute Gasteiger partial charge is 0.462 e. The van der Waals surface area contributed by atoms with Gasteiger partial charge in [0.2, 0.25) is 0 Å². The fraction of sp³-hybridized carbons (Fsp3) is 0.619. The smallest absolute Gasteiger partial charge is 0.310 e. The number of carbonyl (C=O) groups is 1. The zero-order valence-corrected chi connectivity index (χ0v) is 15.3. The van der Waals surface area contributed by atoms with Crippen LogP contribution in [0.1, 0.15) is 51.5 Å². The van der Waals surface area contributed by atoms with Crippen molar-refractivity contribution in [3.63, 3.8) is 0 Å². The molecule has 2 heterocycles. The number of allylic oxidation sites excluding steroid dienone is 2. The minimum atomic E-state index is -0.0152. The highest BCUT2D eigenvalue weighted by atomic mass is 16.6. The first-order valence-corrected chi connectivity index (χ1v) is 9.56. The molecule has 2 aliphatic carbocycles. The van der Waals surface area contributed by atoms with Crippen molar-refractivity contribution in [2.45, 2.75) is 58.6 Å². The Balaban J connectivity index is 1.45. The summed E-state index contributed by atoms with van der Waals surface area (Å²) in [6.07, 6.45) is 9.51. The van der Waals surface area contributed by atoms with Crippen molar-refractivity contribution in [2.75, 3.05) is 6.54 Å². The van der Waals surface area contributed by atoms with Crippen molar-refractivity contribution in [3.8, 4) is 0 Å². The van der Waals surface area contributed by atoms with E-state index in [0.29, 0.717) is 12.5 Å². The monoisotopic (exact) mass is 340 g/mol. The molecule has 25 heavy (non-hydrogen) atoms. The molecule has 0 radical (unpaired) electrons. The van der Waals surface area contributed by atoms with Crippen molar-refractivity contribution < 1.29 is 9.53 Å². The van der Waals surface area contributed by atoms with Crippen LogP contribution in [0.5, 0.6) is 0 Å². The van der Waals surface area contributed by atoms with Crippen LogP contribution in [-0.2, 0) is 16.1 Å². The third-order valence-electron chi connectivity index (χ3n) is 6.62. The third kappa shape index (κ3) is 3.12. The molecule has 1 saturated heterocycles. The van der Waals surface area contributed by atoms with Crippen LogP contribution in [0.3, 0.4) is 0 Å². The molecule has 0 aromatic carbocycles. The maximum absolute atomic E-state index is 12.5. The van der Waals surface area contributed by atoms with Crippen molar-refractivity contribution >= 4 is 5.97 Å². The van der Waals surface area contributed by atoms with E-state index in [0.717, 1.165) is 19.4 Å². The highest BCUT2D eigenvalue weighted by Crippen LogP contribution is 2.54. The maximum Gasteiger partial charge on any atom is 0.310 e. The predicted octanol–water partition coefficient (Wildman–Crippen LogP) is 3.63. The SMILES string of the molecule is CC1=C2CC3C(CC2(C)CCC1)OC(=O)C3CNCc1ccncc1. The molecule has 4 nitrogen and oxygen atoms in total. The molecule has 4 atom stereocenters. The van der Waals surface area contributed by atoms with Crippen molar-refractivity contribution in [2.24, 2.45) is 17.3 Å². The number of pyridine rings is 1. The first kappa shape index (κ1) is 16.8. The minimum absolute atomic E-state index is 0.00210. The molecule has 3 aliphatic rings. The standard InChI is InChI=1S/C21H28N2O2/c1-14-4-3-7-21(2)11-19-16(10-18(14)21)17(20(24)25-19)13-23-12-15-5-8-22-9-6-15/h5-6,8-9,16-17,19,23H,3-4,7,10-13H2,1-2H3. The van der Waals surface area contributed by atoms with Crippen molar-refractivity contribution in [1.82, 2.24) is 10.3 Å². The van der Waals surface area contributed by atoms with Gasteiger partial charge in [-0.05, 0) is 62.1 Å². The van der Waals surface area contributed by atoms with E-state index in [9.17, 15) is 4.79 Å². The van der Waals surface area contributed by atoms with Gasteiger partial charge < -0.3 is 10.1 Å². The molecule has 134 valence electrons. The predicted molar refractivity (Wildman–Crippen MR) is 96.7 cm³/mol. The topological polar surface area (TPSA) is 51.2 Å². The van der Waals surface area contributed by atoms with Gasteiger partial charge in [-0.2, -0.15) is 0 Å². The Morgan fingerprint density at radius 2 is 2.16 bits per heavy atom. The number of esters is 1. The summed E-state index contributed by atoms with van der Waals surface area (Å²) in [7, 11) is 0. The molecule has 0 bridgehead atoms. The Bertz CT molecular complexity index is 684. The van der Waals surface area contributed by atoms with Gasteiger partial charge in [0.05, 0.1) is 5.92 Å². The number of aromatic nitrogens is 1. The van der Waals surface area contributed by atoms with E-state index in [-0.39, 0.29) is 23.4 Å². The normalized spacial score (nSPS) is 34.5. The van der Waals surface area contributed by atoms with E-state index in [1.807, 2.05) is 12.1 Å². The van der Waals surface area contributed by atoms with Crippen LogP contribution in [0, 0.1) is 17.3 Å². The lowest BCUT2D eigenvalue weighted by Gasteiger charge is -2.45. The Labute approximate surface area is 150 Å². The highest BCUT2D eigenvalue weighted by molar-refractivity contribution is 5.76. The van der Waals surface area contributed by atoms with Crippen LogP contribution in [0.25, 0.3) is 0 Å². The lowest BCUT2D eigenvalue weighted by Crippen LogP contribution is -2.40. The summed E-state index contributed by atoms with van der Waals surface area (Å²) in [5.74, 6) is 0.324. The van der Waals surface area contributed by atoms with Gasteiger partial charge in [-0.15, -0.1) is 0 Å². The van der Waals surface area contributed by atoms with E-state index in [1.54, 1.807) is 23.5 Å². The van der Waals surface area contributed by atoms with Crippen LogP contribution in [-0.4, -0.2) is 23.6 Å². The lowest BCUT2D eigenvalue weighted by atomic mass is 9.59. The van der Waals surface area contributed by atoms with Gasteiger partial charge in [0, 0.05) is 31.4 Å². The molecular weight excluding hydrogens is 312 g/mol. The van der Waals surface area contributed by atoms with E-state index >= 15 is 0 Å². The maximum atomic E-state index is 12.5. The number of carbonyl (C=O) groups excluding carboxylic acids is 1. The zero-order chi connectivity index (χ0) is 17.4. The van der Waals surface area contributed by atoms with Gasteiger partial charge in [0.1, 0.15) is 6.10 Å². The summed E-state index contributed by atoms with van der Waals surface area (Å²) >= 11 is 0. The number of nitrogens with one attached hydrogen (secondary N) is 1. The van der Waals surface area contributed by atoms with Crippen LogP contribution in [0.2, 0.25) is 0 Å². The number of rotatable bonds is 4. The van der Waals surface area contributed by atoms with E-state index in [2.05, 4.69) is 24.1 Å². The second-order valence-electron chi connectivity index (χ2n) is 8.31. The third-order valence-corrected chi connectivity index (χ3v) is 6.62. The molecule has 1 saturated carbocycles. The van der Waals surface area contributed by atoms with Gasteiger partial charge in [-0.25, -0.2) is 0 Å². The molecule has 4 unspecified atom stereocenters. The lowest BCUT2D eigenvalue weighted by molar-refractivity contribution is -0.145. The second-order valence-corrected chi connectivity index (χ2v) is 8.31. The first-order chi connectivity index (χ1) is 12.1. The summed E-state index contributed by atoms with van der Waals surface area (Å²) < 4.78 is 5.82. The summed E-state index contributed by atoms with van der Waals surface area (Å²) in [6.45, 7) is 6.14. The summed E-state index contributed by atoms with van der Waals surface area (Å²) in [6, 6.07) is 4.01. The van der Waals surface area contributed by atoms with Gasteiger partial charge in [0.15, 0.2) is 0 Å². The molecule has 1 N–H and O–H groups in total. The van der Waals surface area contributed by atoms with Crippen molar-refractivity contribution in [1.29, 1.82) is 0 Å². The molecule has 4 rings (SSSR count). The van der Waals surface area contributed by atoms with E-state index in [4.69, 9.17) is 4.74 Å². The van der Waals surface area contributed by atoms with Crippen LogP contribution >= 0.6 is 0 Å². The molecule has 1 aromatic heterocycles.